The van der Waals surface area contributed by atoms with Gasteiger partial charge in [0, 0.05) is 11.3 Å². The Morgan fingerprint density at radius 2 is 1.86 bits per heavy atom. The predicted molar refractivity (Wildman–Crippen MR) is 89.9 cm³/mol. The normalized spacial score (nSPS) is 12.4. The molecule has 4 N–H and O–H groups in total. The molecule has 120 valence electrons. The Kier molecular flexibility index (Phi) is 5.68. The molecular formula is C15H22ClN5O. The molecule has 0 bridgehead atoms. The van der Waals surface area contributed by atoms with E-state index in [4.69, 9.17) is 5.73 Å². The van der Waals surface area contributed by atoms with Gasteiger partial charge in [-0.3, -0.25) is 9.89 Å². The van der Waals surface area contributed by atoms with Gasteiger partial charge in [0.15, 0.2) is 5.82 Å². The predicted octanol–water partition coefficient (Wildman–Crippen LogP) is 2.51. The minimum atomic E-state index is -0.562. The van der Waals surface area contributed by atoms with Crippen LogP contribution in [0.15, 0.2) is 24.3 Å². The van der Waals surface area contributed by atoms with Crippen LogP contribution in [0.25, 0.3) is 11.4 Å². The molecule has 0 saturated heterocycles. The van der Waals surface area contributed by atoms with Gasteiger partial charge in [-0.25, -0.2) is 4.98 Å². The number of carbonyl (C=O) groups excluding carboxylic acids is 1. The maximum absolute atomic E-state index is 12.1. The van der Waals surface area contributed by atoms with E-state index in [1.807, 2.05) is 52.0 Å². The number of hydrogen-bond acceptors (Lipinski definition) is 4. The summed E-state index contributed by atoms with van der Waals surface area (Å²) < 4.78 is 0. The highest BCUT2D eigenvalue weighted by Gasteiger charge is 2.27. The second-order valence-corrected chi connectivity index (χ2v) is 6.15. The first-order valence-electron chi connectivity index (χ1n) is 6.83. The van der Waals surface area contributed by atoms with Crippen molar-refractivity contribution in [1.29, 1.82) is 0 Å². The molecule has 0 radical (unpaired) electrons. The lowest BCUT2D eigenvalue weighted by Gasteiger charge is -2.25. The number of halogens is 1. The molecule has 0 aliphatic heterocycles. The van der Waals surface area contributed by atoms with Gasteiger partial charge < -0.3 is 11.1 Å². The second kappa shape index (κ2) is 6.89. The zero-order valence-electron chi connectivity index (χ0n) is 13.2. The van der Waals surface area contributed by atoms with Crippen molar-refractivity contribution in [2.75, 3.05) is 5.32 Å². The first-order chi connectivity index (χ1) is 9.77. The Morgan fingerprint density at radius 3 is 2.32 bits per heavy atom. The highest BCUT2D eigenvalue weighted by molar-refractivity contribution is 5.95. The van der Waals surface area contributed by atoms with Crippen LogP contribution in [-0.2, 0) is 4.79 Å². The maximum atomic E-state index is 12.1. The van der Waals surface area contributed by atoms with E-state index in [0.717, 1.165) is 11.4 Å². The minimum Gasteiger partial charge on any atom is -0.325 e. The minimum absolute atomic E-state index is 0. The molecule has 0 spiro atoms. The monoisotopic (exact) mass is 323 g/mol. The molecule has 0 fully saturated rings. The SMILES string of the molecule is Cc1nc(-c2ccc(NC(=O)[C@@H](N)C(C)(C)C)cc2)n[nH]1.Cl. The van der Waals surface area contributed by atoms with Crippen molar-refractivity contribution in [3.8, 4) is 11.4 Å². The number of aromatic nitrogens is 3. The van der Waals surface area contributed by atoms with Crippen LogP contribution < -0.4 is 11.1 Å². The average molecular weight is 324 g/mol. The zero-order chi connectivity index (χ0) is 15.6. The summed E-state index contributed by atoms with van der Waals surface area (Å²) in [5.41, 5.74) is 7.24. The number of amides is 1. The number of carbonyl (C=O) groups is 1. The lowest BCUT2D eigenvalue weighted by atomic mass is 9.87. The third-order valence-electron chi connectivity index (χ3n) is 3.22. The van der Waals surface area contributed by atoms with Crippen LogP contribution >= 0.6 is 12.4 Å². The summed E-state index contributed by atoms with van der Waals surface area (Å²) in [5, 5.41) is 9.71. The smallest absolute Gasteiger partial charge is 0.241 e. The molecule has 1 amide bonds. The standard InChI is InChI=1S/C15H21N5O.ClH/c1-9-17-13(20-19-9)10-5-7-11(8-6-10)18-14(21)12(16)15(2,3)4;/h5-8,12H,16H2,1-4H3,(H,18,21)(H,17,19,20);1H/t12-;/m1./s1. The fourth-order valence-corrected chi connectivity index (χ4v) is 1.79. The molecule has 6 nitrogen and oxygen atoms in total. The van der Waals surface area contributed by atoms with Crippen LogP contribution in [0.5, 0.6) is 0 Å². The molecule has 0 aliphatic rings. The van der Waals surface area contributed by atoms with E-state index in [1.165, 1.54) is 0 Å². The van der Waals surface area contributed by atoms with E-state index in [0.29, 0.717) is 11.5 Å². The largest absolute Gasteiger partial charge is 0.325 e. The third kappa shape index (κ3) is 4.29. The van der Waals surface area contributed by atoms with E-state index in [1.54, 1.807) is 0 Å². The summed E-state index contributed by atoms with van der Waals surface area (Å²) in [5.74, 6) is 1.21. The number of nitrogens with zero attached hydrogens (tertiary/aromatic N) is 2. The number of H-pyrrole nitrogens is 1. The molecule has 0 aliphatic carbocycles. The Hall–Kier alpha value is -1.92. The molecule has 0 unspecified atom stereocenters. The number of aryl methyl sites for hydroxylation is 1. The lowest BCUT2D eigenvalue weighted by molar-refractivity contribution is -0.119. The van der Waals surface area contributed by atoms with Crippen LogP contribution in [0, 0.1) is 12.3 Å². The molecular weight excluding hydrogens is 302 g/mol. The fraction of sp³-hybridized carbons (Fsp3) is 0.400. The maximum Gasteiger partial charge on any atom is 0.241 e. The van der Waals surface area contributed by atoms with Gasteiger partial charge in [0.05, 0.1) is 6.04 Å². The number of anilines is 1. The number of rotatable bonds is 3. The van der Waals surface area contributed by atoms with Gasteiger partial charge in [-0.1, -0.05) is 20.8 Å². The molecule has 1 aromatic heterocycles. The van der Waals surface area contributed by atoms with Gasteiger partial charge in [0.2, 0.25) is 5.91 Å². The molecule has 7 heteroatoms. The van der Waals surface area contributed by atoms with Crippen LogP contribution in [0.3, 0.4) is 0 Å². The van der Waals surface area contributed by atoms with E-state index in [2.05, 4.69) is 20.5 Å². The van der Waals surface area contributed by atoms with Gasteiger partial charge in [-0.2, -0.15) is 5.10 Å². The topological polar surface area (TPSA) is 96.7 Å². The van der Waals surface area contributed by atoms with Crippen molar-refractivity contribution in [3.05, 3.63) is 30.1 Å². The van der Waals surface area contributed by atoms with Crippen LogP contribution in [0.1, 0.15) is 26.6 Å². The number of hydrogen-bond donors (Lipinski definition) is 3. The van der Waals surface area contributed by atoms with Gasteiger partial charge in [0.1, 0.15) is 5.82 Å². The van der Waals surface area contributed by atoms with E-state index in [9.17, 15) is 4.79 Å². The number of nitrogens with two attached hydrogens (primary N) is 1. The van der Waals surface area contributed by atoms with Crippen LogP contribution in [-0.4, -0.2) is 27.1 Å². The highest BCUT2D eigenvalue weighted by Crippen LogP contribution is 2.21. The Labute approximate surface area is 136 Å². The van der Waals surface area contributed by atoms with Crippen molar-refractivity contribution in [1.82, 2.24) is 15.2 Å². The zero-order valence-corrected chi connectivity index (χ0v) is 14.0. The molecule has 1 atom stereocenters. The fourth-order valence-electron chi connectivity index (χ4n) is 1.79. The van der Waals surface area contributed by atoms with Crippen LogP contribution in [0.2, 0.25) is 0 Å². The van der Waals surface area contributed by atoms with Crippen molar-refractivity contribution in [3.63, 3.8) is 0 Å². The van der Waals surface area contributed by atoms with E-state index in [-0.39, 0.29) is 23.7 Å². The molecule has 0 saturated carbocycles. The number of benzene rings is 1. The van der Waals surface area contributed by atoms with Crippen molar-refractivity contribution < 1.29 is 4.79 Å². The average Bonchev–Trinajstić information content (AvgIpc) is 2.84. The highest BCUT2D eigenvalue weighted by atomic mass is 35.5. The Bertz CT molecular complexity index is 630. The van der Waals surface area contributed by atoms with Crippen LogP contribution in [0.4, 0.5) is 5.69 Å². The second-order valence-electron chi connectivity index (χ2n) is 6.15. The number of aromatic amines is 1. The summed E-state index contributed by atoms with van der Waals surface area (Å²) in [4.78, 5) is 16.3. The van der Waals surface area contributed by atoms with Gasteiger partial charge in [0.25, 0.3) is 0 Å². The first kappa shape index (κ1) is 18.1. The van der Waals surface area contributed by atoms with Gasteiger partial charge in [-0.15, -0.1) is 12.4 Å². The van der Waals surface area contributed by atoms with Gasteiger partial charge in [-0.05, 0) is 36.6 Å². The third-order valence-corrected chi connectivity index (χ3v) is 3.22. The molecule has 22 heavy (non-hydrogen) atoms. The van der Waals surface area contributed by atoms with E-state index >= 15 is 0 Å². The summed E-state index contributed by atoms with van der Waals surface area (Å²) in [7, 11) is 0. The first-order valence-corrected chi connectivity index (χ1v) is 6.83. The van der Waals surface area contributed by atoms with Crippen molar-refractivity contribution >= 4 is 24.0 Å². The molecule has 1 aromatic carbocycles. The molecule has 2 rings (SSSR count). The van der Waals surface area contributed by atoms with Crippen molar-refractivity contribution in [2.24, 2.45) is 11.1 Å². The van der Waals surface area contributed by atoms with Gasteiger partial charge >= 0.3 is 0 Å². The quantitative estimate of drug-likeness (QED) is 0.808. The summed E-state index contributed by atoms with van der Waals surface area (Å²) in [6.45, 7) is 7.66. The number of nitrogens with one attached hydrogen (secondary N) is 2. The summed E-state index contributed by atoms with van der Waals surface area (Å²) in [6.07, 6.45) is 0. The Balaban J connectivity index is 0.00000242. The Morgan fingerprint density at radius 1 is 1.27 bits per heavy atom. The molecule has 2 aromatic rings. The van der Waals surface area contributed by atoms with Crippen molar-refractivity contribution in [2.45, 2.75) is 33.7 Å². The summed E-state index contributed by atoms with van der Waals surface area (Å²) in [6, 6.07) is 6.79. The van der Waals surface area contributed by atoms with E-state index < -0.39 is 6.04 Å². The molecule has 1 heterocycles. The summed E-state index contributed by atoms with van der Waals surface area (Å²) >= 11 is 0. The lowest BCUT2D eigenvalue weighted by Crippen LogP contribution is -2.45.